The summed E-state index contributed by atoms with van der Waals surface area (Å²) in [5.41, 5.74) is 8.09. The largest absolute Gasteiger partial charge is 0.395 e. The first-order chi connectivity index (χ1) is 14.1. The number of methoxy groups -OCH3 is 1. The summed E-state index contributed by atoms with van der Waals surface area (Å²) in [4.78, 5) is 20.2. The maximum Gasteiger partial charge on any atom is 0.222 e. The fourth-order valence-corrected chi connectivity index (χ4v) is 4.58. The molecule has 1 fully saturated rings. The topological polar surface area (TPSA) is 109 Å². The third kappa shape index (κ3) is 6.33. The van der Waals surface area contributed by atoms with Gasteiger partial charge in [0.2, 0.25) is 5.95 Å². The number of nitrogen functional groups attached to an aromatic ring is 1. The molecule has 3 N–H and O–H groups in total. The van der Waals surface area contributed by atoms with Crippen LogP contribution in [0.4, 0.5) is 11.8 Å². The Balaban J connectivity index is 1.78. The third-order valence-corrected chi connectivity index (χ3v) is 6.06. The molecule has 1 aromatic rings. The Bertz CT molecular complexity index is 795. The Kier molecular flexibility index (Phi) is 8.17. The minimum absolute atomic E-state index is 0.0756. The quantitative estimate of drug-likeness (QED) is 0.667. The Morgan fingerprint density at radius 3 is 3.03 bits per heavy atom. The average molecular weight is 419 g/mol. The number of aliphatic hydroxyl groups is 1. The molecule has 3 heterocycles. The minimum Gasteiger partial charge on any atom is -0.395 e. The molecule has 8 nitrogen and oxygen atoms in total. The van der Waals surface area contributed by atoms with Crippen LogP contribution in [0.15, 0.2) is 27.7 Å². The number of ether oxygens (including phenoxy) is 1. The van der Waals surface area contributed by atoms with Crippen LogP contribution in [0.3, 0.4) is 0 Å². The first-order valence-corrected chi connectivity index (χ1v) is 10.9. The van der Waals surface area contributed by atoms with Crippen molar-refractivity contribution in [1.82, 2.24) is 14.9 Å². The normalized spacial score (nSPS) is 21.0. The lowest BCUT2D eigenvalue weighted by Gasteiger charge is -2.20. The second-order valence-electron chi connectivity index (χ2n) is 7.25. The third-order valence-electron chi connectivity index (χ3n) is 4.97. The number of nitrogens with zero attached hydrogens (tertiary/aromatic N) is 5. The number of anilines is 1. The molecule has 1 aromatic heterocycles. The summed E-state index contributed by atoms with van der Waals surface area (Å²) in [5.74, 6) is 1.27. The van der Waals surface area contributed by atoms with Crippen LogP contribution < -0.4 is 5.73 Å². The Labute approximate surface area is 176 Å². The molecular weight excluding hydrogens is 388 g/mol. The van der Waals surface area contributed by atoms with E-state index < -0.39 is 0 Å². The lowest BCUT2D eigenvalue weighted by Crippen LogP contribution is -2.30. The number of aliphatic hydroxyl groups excluding tert-OH is 1. The van der Waals surface area contributed by atoms with E-state index in [-0.39, 0.29) is 12.6 Å². The molecule has 1 saturated heterocycles. The second kappa shape index (κ2) is 10.8. The predicted octanol–water partition coefficient (Wildman–Crippen LogP) is 2.42. The summed E-state index contributed by atoms with van der Waals surface area (Å²) in [6.07, 6.45) is 5.28. The van der Waals surface area contributed by atoms with Crippen LogP contribution in [0.2, 0.25) is 0 Å². The fourth-order valence-electron chi connectivity index (χ4n) is 3.43. The van der Waals surface area contributed by atoms with Crippen molar-refractivity contribution in [1.29, 1.82) is 0 Å². The van der Waals surface area contributed by atoms with Crippen molar-refractivity contribution in [2.75, 3.05) is 45.7 Å². The number of fused-ring (bicyclic) bond motifs is 1. The van der Waals surface area contributed by atoms with E-state index in [0.717, 1.165) is 41.6 Å². The summed E-state index contributed by atoms with van der Waals surface area (Å²) < 4.78 is 5.15. The van der Waals surface area contributed by atoms with Gasteiger partial charge in [0.1, 0.15) is 0 Å². The summed E-state index contributed by atoms with van der Waals surface area (Å²) in [7, 11) is 1.66. The van der Waals surface area contributed by atoms with Crippen LogP contribution in [0.1, 0.15) is 31.9 Å². The van der Waals surface area contributed by atoms with Gasteiger partial charge in [0.25, 0.3) is 0 Å². The Hall–Kier alpha value is -1.81. The van der Waals surface area contributed by atoms with E-state index in [0.29, 0.717) is 38.0 Å². The number of thioether (sulfide) groups is 1. The van der Waals surface area contributed by atoms with Gasteiger partial charge in [-0.3, -0.25) is 9.89 Å². The number of rotatable bonds is 8. The van der Waals surface area contributed by atoms with Crippen LogP contribution in [0.5, 0.6) is 0 Å². The molecule has 2 aliphatic heterocycles. The van der Waals surface area contributed by atoms with Gasteiger partial charge in [0.05, 0.1) is 29.0 Å². The van der Waals surface area contributed by atoms with E-state index in [1.807, 2.05) is 6.07 Å². The van der Waals surface area contributed by atoms with E-state index in [1.54, 1.807) is 18.9 Å². The zero-order valence-corrected chi connectivity index (χ0v) is 18.0. The highest BCUT2D eigenvalue weighted by atomic mass is 32.2. The number of aliphatic imine (C=N–C) groups is 2. The second-order valence-corrected chi connectivity index (χ2v) is 8.31. The summed E-state index contributed by atoms with van der Waals surface area (Å²) in [6.45, 7) is 5.56. The lowest BCUT2D eigenvalue weighted by molar-refractivity contribution is 0.126. The van der Waals surface area contributed by atoms with Crippen molar-refractivity contribution in [3.8, 4) is 0 Å². The highest BCUT2D eigenvalue weighted by molar-refractivity contribution is 8.27. The predicted molar refractivity (Wildman–Crippen MR) is 119 cm³/mol. The fraction of sp³-hybridized carbons (Fsp3) is 0.600. The van der Waals surface area contributed by atoms with Crippen molar-refractivity contribution in [3.05, 3.63) is 23.4 Å². The highest BCUT2D eigenvalue weighted by Crippen LogP contribution is 2.34. The Morgan fingerprint density at radius 2 is 2.24 bits per heavy atom. The molecule has 0 radical (unpaired) electrons. The molecule has 0 aromatic carbocycles. The SMILES string of the molecule is COCCN(CCO)Cc1cc(N=C2CCC(C)C3=CCCN=C3S2)nc(N)n1. The lowest BCUT2D eigenvalue weighted by atomic mass is 9.95. The molecule has 158 valence electrons. The molecule has 29 heavy (non-hydrogen) atoms. The van der Waals surface area contributed by atoms with Crippen LogP contribution in [-0.2, 0) is 11.3 Å². The molecule has 3 rings (SSSR count). The molecule has 9 heteroatoms. The average Bonchev–Trinajstić information content (AvgIpc) is 2.85. The van der Waals surface area contributed by atoms with Crippen molar-refractivity contribution in [2.45, 2.75) is 32.7 Å². The van der Waals surface area contributed by atoms with Crippen LogP contribution in [0.25, 0.3) is 0 Å². The van der Waals surface area contributed by atoms with Gasteiger partial charge < -0.3 is 15.6 Å². The van der Waals surface area contributed by atoms with E-state index in [1.165, 1.54) is 5.57 Å². The molecular formula is C20H30N6O2S. The van der Waals surface area contributed by atoms with Gasteiger partial charge in [-0.25, -0.2) is 9.98 Å². The van der Waals surface area contributed by atoms with E-state index in [2.05, 4.69) is 27.9 Å². The zero-order chi connectivity index (χ0) is 20.6. The summed E-state index contributed by atoms with van der Waals surface area (Å²) in [5, 5.41) is 11.4. The summed E-state index contributed by atoms with van der Waals surface area (Å²) in [6, 6.07) is 1.87. The highest BCUT2D eigenvalue weighted by Gasteiger charge is 2.24. The molecule has 0 aliphatic carbocycles. The number of aromatic nitrogens is 2. The number of hydrogen-bond acceptors (Lipinski definition) is 9. The van der Waals surface area contributed by atoms with Gasteiger partial charge in [0.15, 0.2) is 5.82 Å². The van der Waals surface area contributed by atoms with E-state index >= 15 is 0 Å². The van der Waals surface area contributed by atoms with Crippen molar-refractivity contribution in [2.24, 2.45) is 15.9 Å². The van der Waals surface area contributed by atoms with Gasteiger partial charge in [-0.15, -0.1) is 0 Å². The maximum atomic E-state index is 9.30. The molecule has 1 atom stereocenters. The standard InChI is InChI=1S/C20H30N6O2S/c1-14-5-6-18(29-19-16(14)4-3-7-22-19)24-17-12-15(23-20(21)25-17)13-26(8-10-27)9-11-28-2/h4,12,14,27H,3,5-11,13H2,1-2H3,(H2,21,23,25). The molecule has 0 spiro atoms. The Morgan fingerprint density at radius 1 is 1.38 bits per heavy atom. The van der Waals surface area contributed by atoms with Gasteiger partial charge in [0, 0.05) is 39.4 Å². The molecule has 1 unspecified atom stereocenters. The minimum atomic E-state index is 0.0756. The van der Waals surface area contributed by atoms with Gasteiger partial charge in [-0.2, -0.15) is 4.98 Å². The first-order valence-electron chi connectivity index (χ1n) is 10.0. The van der Waals surface area contributed by atoms with Gasteiger partial charge in [-0.1, -0.05) is 24.8 Å². The summed E-state index contributed by atoms with van der Waals surface area (Å²) >= 11 is 1.65. The maximum absolute atomic E-state index is 9.30. The molecule has 2 aliphatic rings. The van der Waals surface area contributed by atoms with E-state index in [4.69, 9.17) is 20.5 Å². The monoisotopic (exact) mass is 418 g/mol. The van der Waals surface area contributed by atoms with Crippen LogP contribution in [0, 0.1) is 5.92 Å². The molecule has 0 saturated carbocycles. The zero-order valence-electron chi connectivity index (χ0n) is 17.2. The number of dihydropyridines is 1. The van der Waals surface area contributed by atoms with E-state index in [9.17, 15) is 5.11 Å². The number of hydrogen-bond donors (Lipinski definition) is 2. The first kappa shape index (κ1) is 21.9. The van der Waals surface area contributed by atoms with Crippen molar-refractivity contribution in [3.63, 3.8) is 0 Å². The van der Waals surface area contributed by atoms with Crippen molar-refractivity contribution >= 4 is 33.6 Å². The van der Waals surface area contributed by atoms with Crippen molar-refractivity contribution < 1.29 is 9.84 Å². The number of nitrogens with two attached hydrogens (primary N) is 1. The van der Waals surface area contributed by atoms with Crippen LogP contribution in [-0.4, -0.2) is 70.0 Å². The van der Waals surface area contributed by atoms with Gasteiger partial charge in [-0.05, 0) is 30.8 Å². The molecule has 0 bridgehead atoms. The smallest absolute Gasteiger partial charge is 0.222 e. The van der Waals surface area contributed by atoms with Crippen LogP contribution >= 0.6 is 11.8 Å². The molecule has 0 amide bonds. The van der Waals surface area contributed by atoms with Gasteiger partial charge >= 0.3 is 0 Å².